The van der Waals surface area contributed by atoms with E-state index in [2.05, 4.69) is 20.7 Å². The van der Waals surface area contributed by atoms with E-state index in [9.17, 15) is 22.4 Å². The monoisotopic (exact) mass is 672 g/mol. The van der Waals surface area contributed by atoms with Crippen LogP contribution in [0, 0.1) is 5.82 Å². The first-order chi connectivity index (χ1) is 19.0. The fraction of sp³-hybridized carbons (Fsp3) is 0.692. The lowest BCUT2D eigenvalue weighted by Crippen LogP contribution is -2.45. The molecule has 0 aliphatic carbocycles. The molecule has 12 nitrogen and oxygen atoms in total. The van der Waals surface area contributed by atoms with Gasteiger partial charge in [-0.25, -0.2) is 32.0 Å². The van der Waals surface area contributed by atoms with Crippen LogP contribution in [-0.4, -0.2) is 103 Å². The minimum absolute atomic E-state index is 0.0242. The molecule has 0 bridgehead atoms. The number of hydrogen-bond donors (Lipinski definition) is 1. The van der Waals surface area contributed by atoms with Crippen molar-refractivity contribution in [2.75, 3.05) is 65.9 Å². The van der Waals surface area contributed by atoms with Crippen LogP contribution in [0.15, 0.2) is 27.6 Å². The maximum Gasteiger partial charge on any atom is 0.419 e. The Morgan fingerprint density at radius 2 is 1.24 bits per heavy atom. The van der Waals surface area contributed by atoms with E-state index < -0.39 is 39.2 Å². The Hall–Kier alpha value is -1.88. The third-order valence-corrected chi connectivity index (χ3v) is 6.64. The van der Waals surface area contributed by atoms with Gasteiger partial charge in [-0.2, -0.15) is 0 Å². The van der Waals surface area contributed by atoms with Crippen molar-refractivity contribution in [1.29, 1.82) is 0 Å². The van der Waals surface area contributed by atoms with Crippen LogP contribution in [0.4, 0.5) is 14.0 Å². The summed E-state index contributed by atoms with van der Waals surface area (Å²) >= 11 is 2.98. The third kappa shape index (κ3) is 17.0. The molecule has 0 unspecified atom stereocenters. The number of carbonyl (C=O) groups excluding carboxylic acids is 2. The van der Waals surface area contributed by atoms with Crippen molar-refractivity contribution in [2.45, 2.75) is 57.6 Å². The van der Waals surface area contributed by atoms with Crippen LogP contribution in [0.5, 0.6) is 0 Å². The van der Waals surface area contributed by atoms with E-state index >= 15 is 0 Å². The highest BCUT2D eigenvalue weighted by atomic mass is 79.9. The topological polar surface area (TPSA) is 139 Å². The van der Waals surface area contributed by atoms with E-state index in [1.807, 2.05) is 0 Å². The van der Waals surface area contributed by atoms with Gasteiger partial charge in [0, 0.05) is 6.54 Å². The summed E-state index contributed by atoms with van der Waals surface area (Å²) in [6.45, 7) is 12.1. The lowest BCUT2D eigenvalue weighted by atomic mass is 10.2. The van der Waals surface area contributed by atoms with Crippen LogP contribution in [-0.2, 0) is 38.4 Å². The molecule has 15 heteroatoms. The lowest BCUT2D eigenvalue weighted by molar-refractivity contribution is -0.0140. The summed E-state index contributed by atoms with van der Waals surface area (Å²) in [5.41, 5.74) is -1.55. The van der Waals surface area contributed by atoms with Crippen LogP contribution in [0.25, 0.3) is 0 Å². The zero-order valence-electron chi connectivity index (χ0n) is 24.5. The molecule has 0 aliphatic heterocycles. The molecule has 0 spiro atoms. The maximum absolute atomic E-state index is 13.6. The normalized spacial score (nSPS) is 12.3. The molecule has 0 saturated carbocycles. The molecule has 41 heavy (non-hydrogen) atoms. The highest BCUT2D eigenvalue weighted by Crippen LogP contribution is 2.19. The van der Waals surface area contributed by atoms with E-state index in [1.54, 1.807) is 41.5 Å². The highest BCUT2D eigenvalue weighted by Gasteiger charge is 2.30. The highest BCUT2D eigenvalue weighted by molar-refractivity contribution is 9.10. The molecule has 0 saturated heterocycles. The van der Waals surface area contributed by atoms with Crippen molar-refractivity contribution in [2.24, 2.45) is 0 Å². The van der Waals surface area contributed by atoms with Gasteiger partial charge in [-0.15, -0.1) is 0 Å². The largest absolute Gasteiger partial charge is 0.443 e. The van der Waals surface area contributed by atoms with Crippen LogP contribution >= 0.6 is 15.9 Å². The number of imide groups is 1. The van der Waals surface area contributed by atoms with Crippen LogP contribution in [0.3, 0.4) is 0 Å². The number of sulfonamides is 1. The summed E-state index contributed by atoms with van der Waals surface area (Å²) < 4.78 is 72.5. The summed E-state index contributed by atoms with van der Waals surface area (Å²) in [6.07, 6.45) is -1.63. The number of nitrogens with zero attached hydrogens (tertiary/aromatic N) is 1. The van der Waals surface area contributed by atoms with E-state index in [-0.39, 0.29) is 62.1 Å². The fourth-order valence-electron chi connectivity index (χ4n) is 2.78. The van der Waals surface area contributed by atoms with E-state index in [0.717, 1.165) is 11.0 Å². The number of ether oxygens (including phenoxy) is 6. The van der Waals surface area contributed by atoms with Crippen molar-refractivity contribution >= 4 is 38.1 Å². The van der Waals surface area contributed by atoms with Crippen molar-refractivity contribution < 1.29 is 50.8 Å². The number of nitrogens with one attached hydrogen (secondary N) is 1. The molecule has 0 aliphatic rings. The quantitative estimate of drug-likeness (QED) is 0.241. The molecular weight excluding hydrogens is 631 g/mol. The Morgan fingerprint density at radius 1 is 0.805 bits per heavy atom. The standard InChI is InChI=1S/C26H42BrFN2O10S/c1-25(2,3)39-23(31)30(24(32)40-26(4,5)6)10-12-36-14-16-38-18-17-37-15-13-35-11-9-29-41(33,34)20-7-8-21(27)22(28)19-20/h7-8,19,29H,9-18H2,1-6H3. The van der Waals surface area contributed by atoms with Gasteiger partial charge >= 0.3 is 12.2 Å². The zero-order chi connectivity index (χ0) is 31.1. The molecule has 1 aromatic rings. The summed E-state index contributed by atoms with van der Waals surface area (Å²) in [5.74, 6) is -0.667. The first kappa shape index (κ1) is 37.1. The van der Waals surface area contributed by atoms with Crippen molar-refractivity contribution in [3.63, 3.8) is 0 Å². The van der Waals surface area contributed by atoms with Gasteiger partial charge in [-0.05, 0) is 75.7 Å². The summed E-state index contributed by atoms with van der Waals surface area (Å²) in [4.78, 5) is 25.5. The maximum atomic E-state index is 13.6. The Balaban J connectivity index is 2.12. The van der Waals surface area contributed by atoms with E-state index in [4.69, 9.17) is 28.4 Å². The van der Waals surface area contributed by atoms with Crippen molar-refractivity contribution in [3.05, 3.63) is 28.5 Å². The van der Waals surface area contributed by atoms with Gasteiger partial charge in [0.05, 0.1) is 68.8 Å². The number of rotatable bonds is 17. The van der Waals surface area contributed by atoms with E-state index in [1.165, 1.54) is 12.1 Å². The van der Waals surface area contributed by atoms with Crippen molar-refractivity contribution in [1.82, 2.24) is 9.62 Å². The summed E-state index contributed by atoms with van der Waals surface area (Å²) in [5, 5.41) is 0. The Kier molecular flexibility index (Phi) is 16.2. The zero-order valence-corrected chi connectivity index (χ0v) is 26.9. The van der Waals surface area contributed by atoms with Gasteiger partial charge in [0.1, 0.15) is 17.0 Å². The van der Waals surface area contributed by atoms with Gasteiger partial charge in [-0.1, -0.05) is 0 Å². The third-order valence-electron chi connectivity index (χ3n) is 4.54. The second-order valence-electron chi connectivity index (χ2n) is 10.5. The van der Waals surface area contributed by atoms with Gasteiger partial charge < -0.3 is 28.4 Å². The first-order valence-electron chi connectivity index (χ1n) is 13.0. The Morgan fingerprint density at radius 3 is 1.68 bits per heavy atom. The van der Waals surface area contributed by atoms with Crippen LogP contribution < -0.4 is 4.72 Å². The molecule has 2 amide bonds. The Bertz CT molecular complexity index is 1030. The van der Waals surface area contributed by atoms with Crippen LogP contribution in [0.1, 0.15) is 41.5 Å². The predicted octanol–water partition coefficient (Wildman–Crippen LogP) is 4.11. The smallest absolute Gasteiger partial charge is 0.419 e. The molecule has 1 aromatic carbocycles. The molecule has 0 heterocycles. The molecule has 0 atom stereocenters. The van der Waals surface area contributed by atoms with Crippen molar-refractivity contribution in [3.8, 4) is 0 Å². The molecule has 0 aromatic heterocycles. The van der Waals surface area contributed by atoms with Gasteiger partial charge in [0.25, 0.3) is 0 Å². The molecular formula is C26H42BrFN2O10S. The van der Waals surface area contributed by atoms with Gasteiger partial charge in [0.2, 0.25) is 10.0 Å². The SMILES string of the molecule is CC(C)(C)OC(=O)N(CCOCCOCCOCCOCCNS(=O)(=O)c1ccc(Br)c(F)c1)C(=O)OC(C)(C)C. The Labute approximate surface area is 250 Å². The second kappa shape index (κ2) is 17.9. The number of hydrogen-bond acceptors (Lipinski definition) is 10. The number of benzene rings is 1. The molecule has 1 N–H and O–H groups in total. The van der Waals surface area contributed by atoms with Crippen LogP contribution in [0.2, 0.25) is 0 Å². The predicted molar refractivity (Wildman–Crippen MR) is 152 cm³/mol. The first-order valence-corrected chi connectivity index (χ1v) is 15.3. The second-order valence-corrected chi connectivity index (χ2v) is 13.2. The minimum atomic E-state index is -3.83. The number of carbonyl (C=O) groups is 2. The minimum Gasteiger partial charge on any atom is -0.443 e. The van der Waals surface area contributed by atoms with E-state index in [0.29, 0.717) is 13.2 Å². The number of halogens is 2. The van der Waals surface area contributed by atoms with Gasteiger partial charge in [-0.3, -0.25) is 0 Å². The number of amides is 2. The summed E-state index contributed by atoms with van der Waals surface area (Å²) in [7, 11) is -3.83. The molecule has 1 rings (SSSR count). The molecule has 236 valence electrons. The van der Waals surface area contributed by atoms with Gasteiger partial charge in [0.15, 0.2) is 0 Å². The fourth-order valence-corrected chi connectivity index (χ4v) is 4.06. The molecule has 0 radical (unpaired) electrons. The lowest BCUT2D eigenvalue weighted by Gasteiger charge is -2.28. The average molecular weight is 674 g/mol. The summed E-state index contributed by atoms with van der Waals surface area (Å²) in [6, 6.07) is 3.55. The molecule has 0 fully saturated rings. The average Bonchev–Trinajstić information content (AvgIpc) is 2.83.